The lowest BCUT2D eigenvalue weighted by molar-refractivity contribution is 0.0443. The summed E-state index contributed by atoms with van der Waals surface area (Å²) in [5, 5.41) is 13.2. The predicted octanol–water partition coefficient (Wildman–Crippen LogP) is 2.23. The number of hydrogen-bond donors (Lipinski definition) is 2. The van der Waals surface area contributed by atoms with Gasteiger partial charge in [-0.1, -0.05) is 19.8 Å². The van der Waals surface area contributed by atoms with Crippen LogP contribution in [-0.2, 0) is 4.74 Å². The minimum absolute atomic E-state index is 0.0312. The number of unbranched alkanes of at least 4 members (excludes halogenated alkanes) is 2. The molecule has 0 amide bonds. The minimum atomic E-state index is -0.0312. The fourth-order valence-corrected chi connectivity index (χ4v) is 2.80. The van der Waals surface area contributed by atoms with Crippen LogP contribution >= 0.6 is 0 Å². The zero-order valence-corrected chi connectivity index (χ0v) is 11.1. The molecule has 2 N–H and O–H groups in total. The Labute approximate surface area is 105 Å². The van der Waals surface area contributed by atoms with E-state index in [1.807, 2.05) is 0 Å². The van der Waals surface area contributed by atoms with Gasteiger partial charge in [-0.3, -0.25) is 0 Å². The van der Waals surface area contributed by atoms with E-state index >= 15 is 0 Å². The van der Waals surface area contributed by atoms with Gasteiger partial charge in [0.05, 0.1) is 12.7 Å². The third-order valence-electron chi connectivity index (χ3n) is 4.06. The summed E-state index contributed by atoms with van der Waals surface area (Å²) < 4.78 is 5.91. The van der Waals surface area contributed by atoms with Crippen LogP contribution in [0.1, 0.15) is 58.3 Å². The normalized spacial score (nSPS) is 33.2. The van der Waals surface area contributed by atoms with E-state index in [1.54, 1.807) is 0 Å². The van der Waals surface area contributed by atoms with Gasteiger partial charge in [0.15, 0.2) is 0 Å². The highest BCUT2D eigenvalue weighted by atomic mass is 16.5. The van der Waals surface area contributed by atoms with Gasteiger partial charge in [0, 0.05) is 18.2 Å². The molecule has 0 aromatic carbocycles. The summed E-state index contributed by atoms with van der Waals surface area (Å²) in [6, 6.07) is 0.668. The van der Waals surface area contributed by atoms with Crippen LogP contribution in [0.3, 0.4) is 0 Å². The molecule has 0 radical (unpaired) electrons. The molecule has 0 aromatic rings. The molecule has 2 aliphatic rings. The van der Waals surface area contributed by atoms with Crippen LogP contribution in [0.2, 0.25) is 0 Å². The summed E-state index contributed by atoms with van der Waals surface area (Å²) >= 11 is 0. The molecule has 0 aliphatic heterocycles. The molecule has 100 valence electrons. The molecular weight excluding hydrogens is 214 g/mol. The van der Waals surface area contributed by atoms with E-state index in [0.717, 1.165) is 25.9 Å². The second kappa shape index (κ2) is 6.17. The molecule has 2 aliphatic carbocycles. The van der Waals surface area contributed by atoms with Crippen molar-refractivity contribution in [3.63, 3.8) is 0 Å². The quantitative estimate of drug-likeness (QED) is 0.640. The van der Waals surface area contributed by atoms with E-state index in [1.165, 1.54) is 32.1 Å². The highest BCUT2D eigenvalue weighted by molar-refractivity contribution is 5.01. The maximum atomic E-state index is 9.60. The number of ether oxygens (including phenoxy) is 1. The van der Waals surface area contributed by atoms with Crippen molar-refractivity contribution in [2.75, 3.05) is 13.2 Å². The smallest absolute Gasteiger partial charge is 0.0614 e. The zero-order chi connectivity index (χ0) is 12.1. The van der Waals surface area contributed by atoms with Crippen molar-refractivity contribution in [2.24, 2.45) is 0 Å². The van der Waals surface area contributed by atoms with Gasteiger partial charge in [0.2, 0.25) is 0 Å². The van der Waals surface area contributed by atoms with Gasteiger partial charge in [-0.25, -0.2) is 0 Å². The summed E-state index contributed by atoms with van der Waals surface area (Å²) in [6.07, 6.45) is 9.78. The maximum absolute atomic E-state index is 9.60. The molecule has 3 heteroatoms. The Balaban J connectivity index is 1.68. The fraction of sp³-hybridized carbons (Fsp3) is 1.00. The first kappa shape index (κ1) is 13.3. The number of aliphatic hydroxyl groups is 1. The Morgan fingerprint density at radius 2 is 2.12 bits per heavy atom. The van der Waals surface area contributed by atoms with E-state index < -0.39 is 0 Å². The average molecular weight is 241 g/mol. The predicted molar refractivity (Wildman–Crippen MR) is 69.1 cm³/mol. The Kier molecular flexibility index (Phi) is 4.83. The highest BCUT2D eigenvalue weighted by Gasteiger charge is 2.42. The van der Waals surface area contributed by atoms with Crippen LogP contribution in [0.15, 0.2) is 0 Å². The molecule has 0 bridgehead atoms. The fourth-order valence-electron chi connectivity index (χ4n) is 2.80. The molecule has 2 saturated carbocycles. The first-order valence-electron chi connectivity index (χ1n) is 7.28. The number of hydrogen-bond acceptors (Lipinski definition) is 3. The topological polar surface area (TPSA) is 41.5 Å². The first-order valence-corrected chi connectivity index (χ1v) is 7.28. The second-order valence-corrected chi connectivity index (χ2v) is 5.80. The zero-order valence-electron chi connectivity index (χ0n) is 11.1. The van der Waals surface area contributed by atoms with Crippen molar-refractivity contribution in [2.45, 2.75) is 76.0 Å². The first-order chi connectivity index (χ1) is 8.28. The van der Waals surface area contributed by atoms with E-state index in [4.69, 9.17) is 4.74 Å². The molecule has 2 unspecified atom stereocenters. The van der Waals surface area contributed by atoms with Crippen LogP contribution < -0.4 is 5.32 Å². The maximum Gasteiger partial charge on any atom is 0.0614 e. The van der Waals surface area contributed by atoms with Crippen LogP contribution in [-0.4, -0.2) is 36.0 Å². The van der Waals surface area contributed by atoms with Crippen LogP contribution in [0.4, 0.5) is 0 Å². The summed E-state index contributed by atoms with van der Waals surface area (Å²) in [4.78, 5) is 0. The molecule has 2 atom stereocenters. The van der Waals surface area contributed by atoms with Gasteiger partial charge in [0.1, 0.15) is 0 Å². The molecule has 0 saturated heterocycles. The van der Waals surface area contributed by atoms with Gasteiger partial charge in [0.25, 0.3) is 0 Å². The third-order valence-corrected chi connectivity index (χ3v) is 4.06. The molecule has 3 nitrogen and oxygen atoms in total. The summed E-state index contributed by atoms with van der Waals surface area (Å²) in [5.74, 6) is 0. The standard InChI is InChI=1S/C14H27NO2/c1-2-3-4-9-17-13-7-8-14(10-13,11-16)15-12-5-6-12/h12-13,15-16H,2-11H2,1H3. The summed E-state index contributed by atoms with van der Waals surface area (Å²) in [5.41, 5.74) is -0.0312. The number of rotatable bonds is 8. The van der Waals surface area contributed by atoms with Gasteiger partial charge in [-0.15, -0.1) is 0 Å². The van der Waals surface area contributed by atoms with E-state index in [2.05, 4.69) is 12.2 Å². The monoisotopic (exact) mass is 241 g/mol. The lowest BCUT2D eigenvalue weighted by Crippen LogP contribution is -2.48. The molecule has 2 fully saturated rings. The van der Waals surface area contributed by atoms with Crippen LogP contribution in [0, 0.1) is 0 Å². The van der Waals surface area contributed by atoms with Gasteiger partial charge in [-0.2, -0.15) is 0 Å². The molecule has 2 rings (SSSR count). The number of nitrogens with one attached hydrogen (secondary N) is 1. The Hall–Kier alpha value is -0.120. The Morgan fingerprint density at radius 1 is 1.29 bits per heavy atom. The van der Waals surface area contributed by atoms with Crippen molar-refractivity contribution in [3.8, 4) is 0 Å². The molecular formula is C14H27NO2. The van der Waals surface area contributed by atoms with Crippen molar-refractivity contribution < 1.29 is 9.84 Å². The lowest BCUT2D eigenvalue weighted by atomic mass is 9.98. The van der Waals surface area contributed by atoms with Crippen LogP contribution in [0.5, 0.6) is 0 Å². The van der Waals surface area contributed by atoms with Crippen molar-refractivity contribution in [3.05, 3.63) is 0 Å². The Morgan fingerprint density at radius 3 is 2.76 bits per heavy atom. The van der Waals surface area contributed by atoms with E-state index in [0.29, 0.717) is 12.1 Å². The molecule has 17 heavy (non-hydrogen) atoms. The SMILES string of the molecule is CCCCCOC1CCC(CO)(NC2CC2)C1. The largest absolute Gasteiger partial charge is 0.394 e. The van der Waals surface area contributed by atoms with Crippen LogP contribution in [0.25, 0.3) is 0 Å². The molecule has 0 heterocycles. The van der Waals surface area contributed by atoms with E-state index in [9.17, 15) is 5.11 Å². The molecule has 0 spiro atoms. The summed E-state index contributed by atoms with van der Waals surface area (Å²) in [6.45, 7) is 3.37. The van der Waals surface area contributed by atoms with E-state index in [-0.39, 0.29) is 12.1 Å². The summed E-state index contributed by atoms with van der Waals surface area (Å²) in [7, 11) is 0. The van der Waals surface area contributed by atoms with Gasteiger partial charge >= 0.3 is 0 Å². The highest BCUT2D eigenvalue weighted by Crippen LogP contribution is 2.35. The third kappa shape index (κ3) is 3.94. The van der Waals surface area contributed by atoms with Crippen molar-refractivity contribution >= 4 is 0 Å². The second-order valence-electron chi connectivity index (χ2n) is 5.80. The van der Waals surface area contributed by atoms with Crippen molar-refractivity contribution in [1.29, 1.82) is 0 Å². The number of aliphatic hydroxyl groups excluding tert-OH is 1. The lowest BCUT2D eigenvalue weighted by Gasteiger charge is -2.28. The average Bonchev–Trinajstić information content (AvgIpc) is 3.05. The molecule has 0 aromatic heterocycles. The van der Waals surface area contributed by atoms with Crippen molar-refractivity contribution in [1.82, 2.24) is 5.32 Å². The minimum Gasteiger partial charge on any atom is -0.394 e. The Bertz CT molecular complexity index is 230. The van der Waals surface area contributed by atoms with Gasteiger partial charge in [-0.05, 0) is 38.5 Å². The van der Waals surface area contributed by atoms with Gasteiger partial charge < -0.3 is 15.2 Å².